The molecule has 0 atom stereocenters. The van der Waals surface area contributed by atoms with Crippen molar-refractivity contribution < 1.29 is 9.53 Å². The fourth-order valence-electron chi connectivity index (χ4n) is 2.73. The summed E-state index contributed by atoms with van der Waals surface area (Å²) in [6, 6.07) is 15.1. The lowest BCUT2D eigenvalue weighted by molar-refractivity contribution is 0.102. The van der Waals surface area contributed by atoms with Crippen LogP contribution in [0.2, 0.25) is 0 Å². The Morgan fingerprint density at radius 3 is 2.46 bits per heavy atom. The molecule has 0 bridgehead atoms. The van der Waals surface area contributed by atoms with Gasteiger partial charge in [-0.3, -0.25) is 4.79 Å². The Morgan fingerprint density at radius 2 is 1.75 bits per heavy atom. The zero-order valence-electron chi connectivity index (χ0n) is 16.5. The van der Waals surface area contributed by atoms with Gasteiger partial charge in [0.15, 0.2) is 0 Å². The van der Waals surface area contributed by atoms with Gasteiger partial charge in [0.25, 0.3) is 5.91 Å². The quantitative estimate of drug-likeness (QED) is 0.646. The number of aryl methyl sites for hydroxylation is 3. The maximum Gasteiger partial charge on any atom is 0.274 e. The number of carbonyl (C=O) groups excluding carboxylic acids is 1. The molecule has 2 N–H and O–H groups in total. The second kappa shape index (κ2) is 8.52. The van der Waals surface area contributed by atoms with Crippen LogP contribution in [-0.2, 0) is 0 Å². The molecule has 3 rings (SSSR count). The highest BCUT2D eigenvalue weighted by molar-refractivity contribution is 6.03. The third-order valence-electron chi connectivity index (χ3n) is 4.15. The van der Waals surface area contributed by atoms with E-state index in [-0.39, 0.29) is 5.91 Å². The summed E-state index contributed by atoms with van der Waals surface area (Å²) in [4.78, 5) is 21.5. The summed E-state index contributed by atoms with van der Waals surface area (Å²) in [5.74, 6) is 0.899. The Hall–Kier alpha value is -3.41. The molecule has 0 aliphatic heterocycles. The highest BCUT2D eigenvalue weighted by atomic mass is 16.5. The summed E-state index contributed by atoms with van der Waals surface area (Å²) in [7, 11) is 0. The Bertz CT molecular complexity index is 984. The van der Waals surface area contributed by atoms with Crippen LogP contribution >= 0.6 is 0 Å². The molecule has 28 heavy (non-hydrogen) atoms. The molecule has 0 fully saturated rings. The van der Waals surface area contributed by atoms with Gasteiger partial charge in [0.1, 0.15) is 11.4 Å². The summed E-state index contributed by atoms with van der Waals surface area (Å²) in [6.07, 6.45) is 0. The Kier molecular flexibility index (Phi) is 5.89. The molecule has 6 nitrogen and oxygen atoms in total. The van der Waals surface area contributed by atoms with Crippen LogP contribution in [0.15, 0.2) is 48.5 Å². The lowest BCUT2D eigenvalue weighted by Gasteiger charge is -2.11. The van der Waals surface area contributed by atoms with Crippen LogP contribution in [0, 0.1) is 20.8 Å². The Balaban J connectivity index is 1.78. The number of carbonyl (C=O) groups is 1. The number of aromatic nitrogens is 2. The van der Waals surface area contributed by atoms with E-state index < -0.39 is 0 Å². The molecule has 1 heterocycles. The number of amides is 1. The molecule has 2 aromatic carbocycles. The fraction of sp³-hybridized carbons (Fsp3) is 0.227. The molecule has 0 unspecified atom stereocenters. The van der Waals surface area contributed by atoms with E-state index in [0.717, 1.165) is 28.3 Å². The van der Waals surface area contributed by atoms with Gasteiger partial charge < -0.3 is 15.4 Å². The molecule has 0 aliphatic rings. The normalized spacial score (nSPS) is 10.4. The van der Waals surface area contributed by atoms with Crippen molar-refractivity contribution in [3.8, 4) is 5.75 Å². The summed E-state index contributed by atoms with van der Waals surface area (Å²) < 4.78 is 5.44. The van der Waals surface area contributed by atoms with Crippen LogP contribution in [0.25, 0.3) is 0 Å². The first-order chi connectivity index (χ1) is 13.4. The lowest BCUT2D eigenvalue weighted by Crippen LogP contribution is -2.16. The van der Waals surface area contributed by atoms with Gasteiger partial charge in [-0.25, -0.2) is 9.97 Å². The predicted octanol–water partition coefficient (Wildman–Crippen LogP) is 4.80. The molecule has 0 aliphatic carbocycles. The van der Waals surface area contributed by atoms with E-state index in [9.17, 15) is 4.79 Å². The molecule has 1 amide bonds. The van der Waals surface area contributed by atoms with E-state index in [1.165, 1.54) is 0 Å². The van der Waals surface area contributed by atoms with E-state index in [1.807, 2.05) is 70.2 Å². The molecular weight excluding hydrogens is 352 g/mol. The molecule has 0 saturated carbocycles. The van der Waals surface area contributed by atoms with Crippen molar-refractivity contribution in [1.82, 2.24) is 9.97 Å². The first-order valence-electron chi connectivity index (χ1n) is 9.19. The molecule has 0 saturated heterocycles. The predicted molar refractivity (Wildman–Crippen MR) is 112 cm³/mol. The molecular formula is C22H24N4O2. The third-order valence-corrected chi connectivity index (χ3v) is 4.15. The van der Waals surface area contributed by atoms with Crippen molar-refractivity contribution in [2.45, 2.75) is 27.7 Å². The maximum absolute atomic E-state index is 12.7. The van der Waals surface area contributed by atoms with Gasteiger partial charge in [-0.2, -0.15) is 0 Å². The smallest absolute Gasteiger partial charge is 0.274 e. The maximum atomic E-state index is 12.7. The van der Waals surface area contributed by atoms with Gasteiger partial charge in [-0.05, 0) is 75.2 Å². The number of nitrogens with zero attached hydrogens (tertiary/aromatic N) is 2. The average Bonchev–Trinajstić information content (AvgIpc) is 2.66. The molecule has 0 radical (unpaired) electrons. The SMILES string of the molecule is CCOc1ccc(Nc2nc(C)cc(C(=O)Nc3cc(C)ccc3C)n2)cc1. The van der Waals surface area contributed by atoms with Crippen molar-refractivity contribution in [2.75, 3.05) is 17.2 Å². The fourth-order valence-corrected chi connectivity index (χ4v) is 2.73. The molecule has 3 aromatic rings. The van der Waals surface area contributed by atoms with E-state index in [2.05, 4.69) is 20.6 Å². The number of anilines is 3. The number of rotatable bonds is 6. The van der Waals surface area contributed by atoms with Crippen LogP contribution in [0.1, 0.15) is 34.2 Å². The van der Waals surface area contributed by atoms with E-state index in [1.54, 1.807) is 6.07 Å². The summed E-state index contributed by atoms with van der Waals surface area (Å²) >= 11 is 0. The van der Waals surface area contributed by atoms with Crippen molar-refractivity contribution in [2.24, 2.45) is 0 Å². The highest BCUT2D eigenvalue weighted by Gasteiger charge is 2.12. The number of hydrogen-bond acceptors (Lipinski definition) is 5. The lowest BCUT2D eigenvalue weighted by atomic mass is 10.1. The van der Waals surface area contributed by atoms with Crippen molar-refractivity contribution in [1.29, 1.82) is 0 Å². The minimum absolute atomic E-state index is 0.269. The average molecular weight is 376 g/mol. The van der Waals surface area contributed by atoms with Gasteiger partial charge >= 0.3 is 0 Å². The van der Waals surface area contributed by atoms with Crippen LogP contribution < -0.4 is 15.4 Å². The number of ether oxygens (including phenoxy) is 1. The van der Waals surface area contributed by atoms with Gasteiger partial charge in [-0.1, -0.05) is 12.1 Å². The largest absolute Gasteiger partial charge is 0.494 e. The second-order valence-corrected chi connectivity index (χ2v) is 6.57. The summed E-state index contributed by atoms with van der Waals surface area (Å²) in [6.45, 7) is 8.34. The molecule has 144 valence electrons. The van der Waals surface area contributed by atoms with Crippen molar-refractivity contribution in [3.05, 3.63) is 71.0 Å². The number of nitrogens with one attached hydrogen (secondary N) is 2. The highest BCUT2D eigenvalue weighted by Crippen LogP contribution is 2.20. The third kappa shape index (κ3) is 4.85. The number of benzene rings is 2. The van der Waals surface area contributed by atoms with Crippen molar-refractivity contribution in [3.63, 3.8) is 0 Å². The van der Waals surface area contributed by atoms with Crippen LogP contribution in [-0.4, -0.2) is 22.5 Å². The zero-order chi connectivity index (χ0) is 20.1. The van der Waals surface area contributed by atoms with Crippen LogP contribution in [0.5, 0.6) is 5.75 Å². The van der Waals surface area contributed by atoms with Gasteiger partial charge in [0.2, 0.25) is 5.95 Å². The standard InChI is InChI=1S/C22H24N4O2/c1-5-28-18-10-8-17(9-11-18)24-22-23-16(4)13-20(26-22)21(27)25-19-12-14(2)6-7-15(19)3/h6-13H,5H2,1-4H3,(H,25,27)(H,23,24,26). The van der Waals surface area contributed by atoms with Gasteiger partial charge in [-0.15, -0.1) is 0 Å². The Labute approximate surface area is 165 Å². The zero-order valence-corrected chi connectivity index (χ0v) is 16.5. The van der Waals surface area contributed by atoms with E-state index in [0.29, 0.717) is 23.9 Å². The first kappa shape index (κ1) is 19.4. The van der Waals surface area contributed by atoms with Crippen LogP contribution in [0.3, 0.4) is 0 Å². The summed E-state index contributed by atoms with van der Waals surface area (Å²) in [5.41, 5.74) is 4.68. The first-order valence-corrected chi connectivity index (χ1v) is 9.19. The molecule has 6 heteroatoms. The van der Waals surface area contributed by atoms with Gasteiger partial charge in [0, 0.05) is 17.1 Å². The summed E-state index contributed by atoms with van der Waals surface area (Å²) in [5, 5.41) is 6.07. The topological polar surface area (TPSA) is 76.1 Å². The molecule has 0 spiro atoms. The number of hydrogen-bond donors (Lipinski definition) is 2. The van der Waals surface area contributed by atoms with E-state index >= 15 is 0 Å². The van der Waals surface area contributed by atoms with Crippen molar-refractivity contribution >= 4 is 23.2 Å². The molecule has 1 aromatic heterocycles. The minimum atomic E-state index is -0.269. The van der Waals surface area contributed by atoms with E-state index in [4.69, 9.17) is 4.74 Å². The van der Waals surface area contributed by atoms with Gasteiger partial charge in [0.05, 0.1) is 6.61 Å². The monoisotopic (exact) mass is 376 g/mol. The Morgan fingerprint density at radius 1 is 1.00 bits per heavy atom. The second-order valence-electron chi connectivity index (χ2n) is 6.57. The van der Waals surface area contributed by atoms with Crippen LogP contribution in [0.4, 0.5) is 17.3 Å². The minimum Gasteiger partial charge on any atom is -0.494 e.